The summed E-state index contributed by atoms with van der Waals surface area (Å²) >= 11 is 0. The Balaban J connectivity index is 1.92. The average Bonchev–Trinajstić information content (AvgIpc) is 3.47. The summed E-state index contributed by atoms with van der Waals surface area (Å²) in [4.78, 5) is 10.8. The summed E-state index contributed by atoms with van der Waals surface area (Å²) in [7, 11) is 0. The summed E-state index contributed by atoms with van der Waals surface area (Å²) in [6, 6.07) is 4.87. The van der Waals surface area contributed by atoms with Crippen LogP contribution in [0.3, 0.4) is 0 Å². The van der Waals surface area contributed by atoms with Gasteiger partial charge in [-0.1, -0.05) is 52.8 Å². The number of hydrogen-bond acceptors (Lipinski definition) is 2. The zero-order valence-electron chi connectivity index (χ0n) is 20.3. The third-order valence-electron chi connectivity index (χ3n) is 7.36. The topological polar surface area (TPSA) is 46.5 Å². The zero-order valence-corrected chi connectivity index (χ0v) is 20.3. The van der Waals surface area contributed by atoms with Crippen LogP contribution in [0.5, 0.6) is 5.75 Å². The van der Waals surface area contributed by atoms with E-state index in [0.29, 0.717) is 0 Å². The number of hydrogen-bond donors (Lipinski definition) is 1. The van der Waals surface area contributed by atoms with E-state index >= 15 is 0 Å². The molecule has 0 saturated heterocycles. The van der Waals surface area contributed by atoms with Crippen LogP contribution in [0.2, 0.25) is 0 Å². The highest BCUT2D eigenvalue weighted by Gasteiger charge is 2.47. The van der Waals surface area contributed by atoms with E-state index in [0.717, 1.165) is 37.2 Å². The first-order valence-electron chi connectivity index (χ1n) is 11.9. The lowest BCUT2D eigenvalue weighted by Gasteiger charge is -2.42. The molecule has 0 radical (unpaired) electrons. The predicted molar refractivity (Wildman–Crippen MR) is 128 cm³/mol. The SMILES string of the molecule is CCCOc1cc2c(cc1C1(CC/C=C/C(C)=C/C(=O)O)CC1)C(C)(C)CCC2(C)C. The normalized spacial score (nSPS) is 21.0. The fraction of sp³-hybridized carbons (Fsp3) is 0.607. The maximum atomic E-state index is 10.8. The van der Waals surface area contributed by atoms with Crippen LogP contribution in [-0.4, -0.2) is 17.7 Å². The van der Waals surface area contributed by atoms with Crippen molar-refractivity contribution in [3.8, 4) is 5.75 Å². The van der Waals surface area contributed by atoms with E-state index in [4.69, 9.17) is 9.84 Å². The Bertz CT molecular complexity index is 882. The molecule has 1 aromatic carbocycles. The molecule has 0 amide bonds. The number of carboxylic acids is 1. The minimum absolute atomic E-state index is 0.182. The molecule has 1 aromatic rings. The molecular weight excluding hydrogens is 384 g/mol. The maximum Gasteiger partial charge on any atom is 0.328 e. The highest BCUT2D eigenvalue weighted by molar-refractivity contribution is 5.81. The zero-order chi connectivity index (χ0) is 22.9. The minimum Gasteiger partial charge on any atom is -0.493 e. The van der Waals surface area contributed by atoms with Gasteiger partial charge in [-0.2, -0.15) is 0 Å². The Morgan fingerprint density at radius 1 is 1.03 bits per heavy atom. The first-order chi connectivity index (χ1) is 14.5. The molecule has 1 N–H and O–H groups in total. The molecule has 170 valence electrons. The van der Waals surface area contributed by atoms with Crippen LogP contribution in [0.25, 0.3) is 0 Å². The quantitative estimate of drug-likeness (QED) is 0.336. The molecule has 0 aliphatic heterocycles. The second kappa shape index (κ2) is 8.84. The van der Waals surface area contributed by atoms with Crippen LogP contribution in [-0.2, 0) is 21.0 Å². The lowest BCUT2D eigenvalue weighted by atomic mass is 9.62. The summed E-state index contributed by atoms with van der Waals surface area (Å²) in [5.41, 5.74) is 5.72. The Morgan fingerprint density at radius 2 is 1.65 bits per heavy atom. The van der Waals surface area contributed by atoms with E-state index in [1.165, 1.54) is 48.4 Å². The second-order valence-electron chi connectivity index (χ2n) is 11.0. The Labute approximate surface area is 188 Å². The summed E-state index contributed by atoms with van der Waals surface area (Å²) in [5.74, 6) is 0.202. The van der Waals surface area contributed by atoms with Crippen molar-refractivity contribution in [3.63, 3.8) is 0 Å². The molecule has 0 unspecified atom stereocenters. The van der Waals surface area contributed by atoms with E-state index in [2.05, 4.69) is 52.8 Å². The third-order valence-corrected chi connectivity index (χ3v) is 7.36. The van der Waals surface area contributed by atoms with Crippen molar-refractivity contribution in [3.05, 3.63) is 52.6 Å². The molecule has 0 aromatic heterocycles. The molecule has 3 nitrogen and oxygen atoms in total. The Morgan fingerprint density at radius 3 is 2.19 bits per heavy atom. The first kappa shape index (κ1) is 23.6. The van der Waals surface area contributed by atoms with Gasteiger partial charge in [-0.15, -0.1) is 0 Å². The molecule has 2 aliphatic rings. The van der Waals surface area contributed by atoms with Crippen LogP contribution in [0.1, 0.15) is 103 Å². The van der Waals surface area contributed by atoms with Gasteiger partial charge in [-0.25, -0.2) is 4.79 Å². The number of carboxylic acid groups (broad SMARTS) is 1. The maximum absolute atomic E-state index is 10.8. The van der Waals surface area contributed by atoms with Crippen molar-refractivity contribution >= 4 is 5.97 Å². The van der Waals surface area contributed by atoms with Crippen molar-refractivity contribution in [2.24, 2.45) is 0 Å². The van der Waals surface area contributed by atoms with E-state index in [1.54, 1.807) is 0 Å². The first-order valence-corrected chi connectivity index (χ1v) is 11.9. The largest absolute Gasteiger partial charge is 0.493 e. The van der Waals surface area contributed by atoms with Crippen molar-refractivity contribution in [2.75, 3.05) is 6.61 Å². The lowest BCUT2D eigenvalue weighted by molar-refractivity contribution is -0.131. The predicted octanol–water partition coefficient (Wildman–Crippen LogP) is 7.22. The summed E-state index contributed by atoms with van der Waals surface area (Å²) in [5, 5.41) is 8.88. The van der Waals surface area contributed by atoms with E-state index < -0.39 is 5.97 Å². The summed E-state index contributed by atoms with van der Waals surface area (Å²) in [6.07, 6.45) is 13.2. The van der Waals surface area contributed by atoms with Gasteiger partial charge in [-0.05, 0) is 90.9 Å². The second-order valence-corrected chi connectivity index (χ2v) is 11.0. The van der Waals surface area contributed by atoms with Crippen LogP contribution in [0.15, 0.2) is 35.9 Å². The fourth-order valence-electron chi connectivity index (χ4n) is 5.02. The van der Waals surface area contributed by atoms with Gasteiger partial charge in [0.1, 0.15) is 5.75 Å². The van der Waals surface area contributed by atoms with E-state index in [-0.39, 0.29) is 16.2 Å². The standard InChI is InChI=1S/C28H40O3/c1-7-16-31-24-19-22-21(26(3,4)12-13-27(22,5)6)18-23(24)28(14-15-28)11-9-8-10-20(2)17-25(29)30/h8,10,17-19H,7,9,11-16H2,1-6H3,(H,29,30)/b10-8+,20-17+. The number of ether oxygens (including phenoxy) is 1. The monoisotopic (exact) mass is 424 g/mol. The van der Waals surface area contributed by atoms with Crippen LogP contribution in [0, 0.1) is 0 Å². The fourth-order valence-corrected chi connectivity index (χ4v) is 5.02. The van der Waals surface area contributed by atoms with Gasteiger partial charge in [0.05, 0.1) is 6.61 Å². The van der Waals surface area contributed by atoms with Gasteiger partial charge in [-0.3, -0.25) is 0 Å². The van der Waals surface area contributed by atoms with Crippen molar-refractivity contribution in [2.45, 2.75) is 103 Å². The average molecular weight is 425 g/mol. The number of allylic oxidation sites excluding steroid dienone is 3. The van der Waals surface area contributed by atoms with E-state index in [1.807, 2.05) is 13.0 Å². The smallest absolute Gasteiger partial charge is 0.328 e. The van der Waals surface area contributed by atoms with Gasteiger partial charge in [0.2, 0.25) is 0 Å². The van der Waals surface area contributed by atoms with Gasteiger partial charge in [0.25, 0.3) is 0 Å². The molecule has 2 aliphatic carbocycles. The molecule has 0 bridgehead atoms. The number of rotatable bonds is 9. The molecule has 1 fully saturated rings. The number of fused-ring (bicyclic) bond motifs is 1. The summed E-state index contributed by atoms with van der Waals surface area (Å²) < 4.78 is 6.34. The molecule has 1 saturated carbocycles. The van der Waals surface area contributed by atoms with Gasteiger partial charge in [0.15, 0.2) is 0 Å². The summed E-state index contributed by atoms with van der Waals surface area (Å²) in [6.45, 7) is 14.3. The molecule has 31 heavy (non-hydrogen) atoms. The minimum atomic E-state index is -0.891. The highest BCUT2D eigenvalue weighted by Crippen LogP contribution is 2.57. The number of carbonyl (C=O) groups is 1. The molecule has 3 heteroatoms. The van der Waals surface area contributed by atoms with E-state index in [9.17, 15) is 4.79 Å². The third kappa shape index (κ3) is 5.25. The Hall–Kier alpha value is -2.03. The molecule has 0 spiro atoms. The van der Waals surface area contributed by atoms with Gasteiger partial charge in [0, 0.05) is 11.6 Å². The molecule has 0 atom stereocenters. The van der Waals surface area contributed by atoms with Crippen molar-refractivity contribution < 1.29 is 14.6 Å². The number of aliphatic carboxylic acids is 1. The van der Waals surface area contributed by atoms with Gasteiger partial charge >= 0.3 is 5.97 Å². The van der Waals surface area contributed by atoms with Crippen LogP contribution < -0.4 is 4.74 Å². The highest BCUT2D eigenvalue weighted by atomic mass is 16.5. The number of benzene rings is 1. The van der Waals surface area contributed by atoms with Crippen molar-refractivity contribution in [1.82, 2.24) is 0 Å². The van der Waals surface area contributed by atoms with Crippen LogP contribution >= 0.6 is 0 Å². The van der Waals surface area contributed by atoms with Crippen LogP contribution in [0.4, 0.5) is 0 Å². The van der Waals surface area contributed by atoms with Gasteiger partial charge < -0.3 is 9.84 Å². The lowest BCUT2D eigenvalue weighted by Crippen LogP contribution is -2.34. The van der Waals surface area contributed by atoms with Crippen molar-refractivity contribution in [1.29, 1.82) is 0 Å². The molecule has 0 heterocycles. The Kier molecular flexibility index (Phi) is 6.74. The molecule has 3 rings (SSSR count). The molecular formula is C28H40O3.